The van der Waals surface area contributed by atoms with E-state index >= 15 is 0 Å². The molecule has 34 heavy (non-hydrogen) atoms. The lowest BCUT2D eigenvalue weighted by atomic mass is 9.90. The lowest BCUT2D eigenvalue weighted by molar-refractivity contribution is -0.534. The fourth-order valence-corrected chi connectivity index (χ4v) is 6.15. The second-order valence-corrected chi connectivity index (χ2v) is 9.98. The molecule has 0 radical (unpaired) electrons. The average Bonchev–Trinajstić information content (AvgIpc) is 3.04. The smallest absolute Gasteiger partial charge is 0.318 e. The molecular formula is C28H35N4O2+. The van der Waals surface area contributed by atoms with Gasteiger partial charge in [0.25, 0.3) is 11.6 Å². The minimum atomic E-state index is -1.31. The Morgan fingerprint density at radius 2 is 1.65 bits per heavy atom. The van der Waals surface area contributed by atoms with E-state index in [4.69, 9.17) is 0 Å². The highest BCUT2D eigenvalue weighted by atomic mass is 16.3. The number of anilines is 1. The number of aromatic nitrogens is 2. The van der Waals surface area contributed by atoms with E-state index in [1.54, 1.807) is 4.68 Å². The number of para-hydroxylation sites is 1. The number of amidine groups is 1. The summed E-state index contributed by atoms with van der Waals surface area (Å²) >= 11 is 0. The monoisotopic (exact) mass is 459 g/mol. The predicted molar refractivity (Wildman–Crippen MR) is 136 cm³/mol. The van der Waals surface area contributed by atoms with Crippen LogP contribution in [0.15, 0.2) is 47.3 Å². The standard InChI is InChI=1S/C28H35N4O2/c1-19-16-20(2)25(21(3)17-19)28(34)18-30-15-11-7-10-14-24(30)31(28)26-22(4)29(5)32(27(26)33)23-12-8-6-9-13-23/h6,8-9,12-13,16-17,34H,7,10-11,14-15,18H2,1-5H3/q+1. The van der Waals surface area contributed by atoms with Crippen molar-refractivity contribution < 1.29 is 9.68 Å². The van der Waals surface area contributed by atoms with Gasteiger partial charge in [0.1, 0.15) is 0 Å². The summed E-state index contributed by atoms with van der Waals surface area (Å²) < 4.78 is 5.92. The Hall–Kier alpha value is -3.12. The second kappa shape index (κ2) is 8.27. The van der Waals surface area contributed by atoms with Crippen LogP contribution < -0.4 is 10.5 Å². The minimum Gasteiger partial charge on any atom is -0.346 e. The van der Waals surface area contributed by atoms with Crippen LogP contribution in [0.4, 0.5) is 5.69 Å². The normalized spacial score (nSPS) is 20.6. The van der Waals surface area contributed by atoms with E-state index in [0.717, 1.165) is 66.1 Å². The van der Waals surface area contributed by atoms with Gasteiger partial charge in [0, 0.05) is 19.0 Å². The van der Waals surface area contributed by atoms with Crippen LogP contribution in [0.3, 0.4) is 0 Å². The number of aliphatic hydroxyl groups is 1. The SMILES string of the molecule is Cc1cc(C)c(C2(O)C[N+]3=C(CCCCC3)N2c2c(C)n(C)n(-c3ccccc3)c2=O)c(C)c1. The van der Waals surface area contributed by atoms with Crippen molar-refractivity contribution in [2.24, 2.45) is 7.05 Å². The first-order valence-corrected chi connectivity index (χ1v) is 12.3. The minimum absolute atomic E-state index is 0.106. The molecule has 1 aromatic heterocycles. The van der Waals surface area contributed by atoms with E-state index < -0.39 is 5.72 Å². The molecule has 6 nitrogen and oxygen atoms in total. The van der Waals surface area contributed by atoms with Gasteiger partial charge in [-0.25, -0.2) is 4.68 Å². The van der Waals surface area contributed by atoms with Crippen molar-refractivity contribution in [3.05, 3.63) is 80.8 Å². The highest BCUT2D eigenvalue weighted by molar-refractivity contribution is 5.97. The fourth-order valence-electron chi connectivity index (χ4n) is 6.15. The average molecular weight is 460 g/mol. The Labute approximate surface area is 201 Å². The molecule has 3 aromatic rings. The maximum absolute atomic E-state index is 14.1. The third-order valence-corrected chi connectivity index (χ3v) is 7.56. The Bertz CT molecular complexity index is 1330. The lowest BCUT2D eigenvalue weighted by Crippen LogP contribution is -2.50. The van der Waals surface area contributed by atoms with Crippen molar-refractivity contribution in [1.82, 2.24) is 9.36 Å². The van der Waals surface area contributed by atoms with E-state index in [9.17, 15) is 9.90 Å². The van der Waals surface area contributed by atoms with Crippen LogP contribution in [0.25, 0.3) is 5.69 Å². The first-order chi connectivity index (χ1) is 16.2. The first kappa shape index (κ1) is 22.7. The summed E-state index contributed by atoms with van der Waals surface area (Å²) in [5.74, 6) is 1.06. The molecule has 0 bridgehead atoms. The quantitative estimate of drug-likeness (QED) is 0.601. The number of aryl methyl sites for hydroxylation is 3. The van der Waals surface area contributed by atoms with Crippen LogP contribution in [0, 0.1) is 27.7 Å². The topological polar surface area (TPSA) is 53.4 Å². The number of hydrogen-bond donors (Lipinski definition) is 1. The first-order valence-electron chi connectivity index (χ1n) is 12.3. The van der Waals surface area contributed by atoms with Gasteiger partial charge in [-0.2, -0.15) is 4.90 Å². The zero-order chi connectivity index (χ0) is 24.2. The van der Waals surface area contributed by atoms with E-state index in [-0.39, 0.29) is 5.56 Å². The van der Waals surface area contributed by atoms with Crippen molar-refractivity contribution in [3.8, 4) is 5.69 Å². The molecule has 1 N–H and O–H groups in total. The molecule has 6 heteroatoms. The Balaban J connectivity index is 1.78. The molecule has 0 saturated heterocycles. The van der Waals surface area contributed by atoms with Crippen molar-refractivity contribution >= 4 is 11.5 Å². The zero-order valence-corrected chi connectivity index (χ0v) is 20.9. The van der Waals surface area contributed by atoms with Gasteiger partial charge in [-0.05, 0) is 70.2 Å². The molecule has 2 aliphatic heterocycles. The number of benzene rings is 2. The summed E-state index contributed by atoms with van der Waals surface area (Å²) in [5, 5.41) is 12.6. The summed E-state index contributed by atoms with van der Waals surface area (Å²) in [6, 6.07) is 14.0. The third kappa shape index (κ3) is 3.35. The van der Waals surface area contributed by atoms with Gasteiger partial charge in [0.2, 0.25) is 5.69 Å². The molecule has 0 fully saturated rings. The molecule has 5 rings (SSSR count). The summed E-state index contributed by atoms with van der Waals surface area (Å²) in [6.45, 7) is 9.57. The van der Waals surface area contributed by atoms with Gasteiger partial charge < -0.3 is 5.11 Å². The van der Waals surface area contributed by atoms with Crippen molar-refractivity contribution in [3.63, 3.8) is 0 Å². The molecule has 178 valence electrons. The maximum Gasteiger partial charge on any atom is 0.318 e. The van der Waals surface area contributed by atoms with E-state index in [1.807, 2.05) is 53.9 Å². The molecule has 0 saturated carbocycles. The molecule has 3 heterocycles. The van der Waals surface area contributed by atoms with Crippen molar-refractivity contribution in [2.75, 3.05) is 18.0 Å². The zero-order valence-electron chi connectivity index (χ0n) is 20.9. The van der Waals surface area contributed by atoms with Crippen LogP contribution in [-0.2, 0) is 12.8 Å². The summed E-state index contributed by atoms with van der Waals surface area (Å²) in [7, 11) is 1.92. The van der Waals surface area contributed by atoms with Crippen molar-refractivity contribution in [2.45, 2.75) is 59.1 Å². The van der Waals surface area contributed by atoms with E-state index in [0.29, 0.717) is 12.2 Å². The number of nitrogens with zero attached hydrogens (tertiary/aromatic N) is 4. The van der Waals surface area contributed by atoms with Crippen LogP contribution in [0.2, 0.25) is 0 Å². The predicted octanol–water partition coefficient (Wildman–Crippen LogP) is 4.06. The third-order valence-electron chi connectivity index (χ3n) is 7.56. The van der Waals surface area contributed by atoms with Crippen LogP contribution in [-0.4, -0.2) is 38.0 Å². The van der Waals surface area contributed by atoms with Gasteiger partial charge in [-0.3, -0.25) is 14.1 Å². The Morgan fingerprint density at radius 3 is 2.32 bits per heavy atom. The maximum atomic E-state index is 14.1. The molecule has 0 spiro atoms. The van der Waals surface area contributed by atoms with Crippen LogP contribution >= 0.6 is 0 Å². The summed E-state index contributed by atoms with van der Waals surface area (Å²) in [4.78, 5) is 16.0. The molecule has 1 atom stereocenters. The van der Waals surface area contributed by atoms with Crippen molar-refractivity contribution in [1.29, 1.82) is 0 Å². The molecule has 2 aromatic carbocycles. The van der Waals surface area contributed by atoms with Gasteiger partial charge >= 0.3 is 5.56 Å². The molecule has 0 amide bonds. The second-order valence-electron chi connectivity index (χ2n) is 9.98. The van der Waals surface area contributed by atoms with Gasteiger partial charge in [-0.15, -0.1) is 0 Å². The van der Waals surface area contributed by atoms with Gasteiger partial charge in [-0.1, -0.05) is 35.9 Å². The largest absolute Gasteiger partial charge is 0.346 e. The summed E-state index contributed by atoms with van der Waals surface area (Å²) in [5.41, 5.74) is 5.00. The Kier molecular flexibility index (Phi) is 5.52. The van der Waals surface area contributed by atoms with Crippen LogP contribution in [0.5, 0.6) is 0 Å². The van der Waals surface area contributed by atoms with E-state index in [2.05, 4.69) is 37.5 Å². The number of rotatable bonds is 3. The molecule has 0 aliphatic carbocycles. The van der Waals surface area contributed by atoms with Gasteiger partial charge in [0.15, 0.2) is 6.54 Å². The highest BCUT2D eigenvalue weighted by Crippen LogP contribution is 2.41. The Morgan fingerprint density at radius 1 is 0.971 bits per heavy atom. The van der Waals surface area contributed by atoms with Gasteiger partial charge in [0.05, 0.1) is 17.9 Å². The number of hydrogen-bond acceptors (Lipinski definition) is 3. The fraction of sp³-hybridized carbons (Fsp3) is 0.429. The molecular weight excluding hydrogens is 424 g/mol. The van der Waals surface area contributed by atoms with Crippen LogP contribution in [0.1, 0.15) is 53.6 Å². The summed E-state index contributed by atoms with van der Waals surface area (Å²) in [6.07, 6.45) is 4.17. The van der Waals surface area contributed by atoms with E-state index in [1.165, 1.54) is 5.56 Å². The highest BCUT2D eigenvalue weighted by Gasteiger charge is 2.57. The molecule has 2 aliphatic rings. The lowest BCUT2D eigenvalue weighted by Gasteiger charge is -2.31. The molecule has 1 unspecified atom stereocenters.